The summed E-state index contributed by atoms with van der Waals surface area (Å²) in [5.74, 6) is 3.51. The van der Waals surface area contributed by atoms with Crippen LogP contribution in [0.15, 0.2) is 12.1 Å². The Balaban J connectivity index is 1.21. The third-order valence-electron chi connectivity index (χ3n) is 7.84. The molecule has 1 nitrogen and oxygen atoms in total. The molecule has 2 saturated carbocycles. The van der Waals surface area contributed by atoms with Crippen molar-refractivity contribution >= 4 is 11.6 Å². The Hall–Kier alpha value is -0.600. The summed E-state index contributed by atoms with van der Waals surface area (Å²) in [7, 11) is 0. The molecular weight excluding hydrogens is 371 g/mol. The normalized spacial score (nSPS) is 33.0. The second kappa shape index (κ2) is 9.47. The average molecular weight is 407 g/mol. The van der Waals surface area contributed by atoms with E-state index in [0.717, 1.165) is 47.6 Å². The Kier molecular flexibility index (Phi) is 6.99. The second-order valence-corrected chi connectivity index (χ2v) is 10.0. The molecule has 28 heavy (non-hydrogen) atoms. The van der Waals surface area contributed by atoms with Gasteiger partial charge >= 0.3 is 0 Å². The van der Waals surface area contributed by atoms with Crippen LogP contribution in [0.3, 0.4) is 0 Å². The van der Waals surface area contributed by atoms with Crippen LogP contribution in [0.5, 0.6) is 0 Å². The zero-order chi connectivity index (χ0) is 19.5. The maximum absolute atomic E-state index is 14.6. The fourth-order valence-corrected chi connectivity index (χ4v) is 6.24. The van der Waals surface area contributed by atoms with Crippen molar-refractivity contribution < 1.29 is 9.13 Å². The number of hydrogen-bond donors (Lipinski definition) is 0. The second-order valence-electron chi connectivity index (χ2n) is 9.65. The van der Waals surface area contributed by atoms with Crippen molar-refractivity contribution in [1.82, 2.24) is 0 Å². The molecule has 1 aromatic rings. The van der Waals surface area contributed by atoms with E-state index >= 15 is 0 Å². The van der Waals surface area contributed by atoms with E-state index in [0.29, 0.717) is 6.61 Å². The number of benzene rings is 1. The van der Waals surface area contributed by atoms with Crippen LogP contribution in [0.1, 0.15) is 94.8 Å². The van der Waals surface area contributed by atoms with Crippen molar-refractivity contribution in [3.05, 3.63) is 34.1 Å². The molecule has 1 aliphatic heterocycles. The first-order chi connectivity index (χ1) is 13.7. The van der Waals surface area contributed by atoms with Crippen LogP contribution in [-0.4, -0.2) is 6.61 Å². The molecule has 2 aliphatic carbocycles. The fraction of sp³-hybridized carbons (Fsp3) is 0.760. The summed E-state index contributed by atoms with van der Waals surface area (Å²) in [5, 5.41) is 0.280. The lowest BCUT2D eigenvalue weighted by molar-refractivity contribution is 0.141. The maximum atomic E-state index is 14.6. The Morgan fingerprint density at radius 1 is 0.929 bits per heavy atom. The first-order valence-electron chi connectivity index (χ1n) is 11.7. The number of aryl methyl sites for hydroxylation is 1. The summed E-state index contributed by atoms with van der Waals surface area (Å²) in [6, 6.07) is 3.89. The van der Waals surface area contributed by atoms with Gasteiger partial charge in [-0.3, -0.25) is 0 Å². The van der Waals surface area contributed by atoms with Crippen LogP contribution >= 0.6 is 11.6 Å². The molecule has 0 radical (unpaired) electrons. The highest BCUT2D eigenvalue weighted by atomic mass is 35.5. The van der Waals surface area contributed by atoms with E-state index in [-0.39, 0.29) is 16.9 Å². The zero-order valence-corrected chi connectivity index (χ0v) is 18.2. The molecular formula is C25H36ClFO. The van der Waals surface area contributed by atoms with Gasteiger partial charge in [-0.1, -0.05) is 69.2 Å². The fourth-order valence-electron chi connectivity index (χ4n) is 5.94. The lowest BCUT2D eigenvalue weighted by Crippen LogP contribution is -2.26. The monoisotopic (exact) mass is 406 g/mol. The summed E-state index contributed by atoms with van der Waals surface area (Å²) in [5.41, 5.74) is 1.60. The quantitative estimate of drug-likeness (QED) is 0.419. The predicted molar refractivity (Wildman–Crippen MR) is 114 cm³/mol. The van der Waals surface area contributed by atoms with E-state index in [1.54, 1.807) is 0 Å². The van der Waals surface area contributed by atoms with Gasteiger partial charge in [-0.25, -0.2) is 4.39 Å². The molecule has 156 valence electrons. The Morgan fingerprint density at radius 2 is 1.50 bits per heavy atom. The van der Waals surface area contributed by atoms with Gasteiger partial charge in [0.2, 0.25) is 0 Å². The highest BCUT2D eigenvalue weighted by molar-refractivity contribution is 6.31. The minimum atomic E-state index is -0.216. The smallest absolute Gasteiger partial charge is 0.145 e. The van der Waals surface area contributed by atoms with Crippen molar-refractivity contribution in [3.63, 3.8) is 0 Å². The molecule has 4 rings (SSSR count). The van der Waals surface area contributed by atoms with Crippen molar-refractivity contribution in [3.8, 4) is 0 Å². The lowest BCUT2D eigenvalue weighted by Gasteiger charge is -2.38. The first-order valence-corrected chi connectivity index (χ1v) is 12.1. The predicted octanol–water partition coefficient (Wildman–Crippen LogP) is 7.90. The van der Waals surface area contributed by atoms with E-state index in [2.05, 4.69) is 6.92 Å². The van der Waals surface area contributed by atoms with Crippen LogP contribution in [0.4, 0.5) is 4.39 Å². The van der Waals surface area contributed by atoms with Gasteiger partial charge in [-0.2, -0.15) is 0 Å². The average Bonchev–Trinajstić information content (AvgIpc) is 3.56. The van der Waals surface area contributed by atoms with Crippen LogP contribution in [0, 0.1) is 29.5 Å². The molecule has 1 heterocycles. The van der Waals surface area contributed by atoms with Crippen LogP contribution in [0.25, 0.3) is 0 Å². The largest absolute Gasteiger partial charge is 0.368 e. The molecule has 0 spiro atoms. The van der Waals surface area contributed by atoms with Crippen LogP contribution in [0.2, 0.25) is 5.02 Å². The van der Waals surface area contributed by atoms with Gasteiger partial charge in [0.25, 0.3) is 0 Å². The highest BCUT2D eigenvalue weighted by Crippen LogP contribution is 2.43. The van der Waals surface area contributed by atoms with E-state index in [4.69, 9.17) is 16.3 Å². The van der Waals surface area contributed by atoms with Gasteiger partial charge in [0.1, 0.15) is 11.9 Å². The molecule has 0 amide bonds. The van der Waals surface area contributed by atoms with Crippen molar-refractivity contribution in [2.75, 3.05) is 6.61 Å². The van der Waals surface area contributed by atoms with E-state index in [9.17, 15) is 4.39 Å². The van der Waals surface area contributed by atoms with Gasteiger partial charge < -0.3 is 4.74 Å². The zero-order valence-electron chi connectivity index (χ0n) is 17.4. The van der Waals surface area contributed by atoms with Gasteiger partial charge in [0, 0.05) is 5.56 Å². The number of halogens is 2. The number of epoxide rings is 1. The summed E-state index contributed by atoms with van der Waals surface area (Å²) >= 11 is 6.23. The Bertz CT molecular complexity index is 640. The summed E-state index contributed by atoms with van der Waals surface area (Å²) in [4.78, 5) is 0. The van der Waals surface area contributed by atoms with Crippen LogP contribution in [-0.2, 0) is 11.2 Å². The molecule has 1 unspecified atom stereocenters. The summed E-state index contributed by atoms with van der Waals surface area (Å²) in [6.45, 7) is 2.99. The first kappa shape index (κ1) is 20.7. The minimum Gasteiger partial charge on any atom is -0.368 e. The van der Waals surface area contributed by atoms with E-state index < -0.39 is 0 Å². The van der Waals surface area contributed by atoms with Gasteiger partial charge in [0.15, 0.2) is 0 Å². The van der Waals surface area contributed by atoms with Gasteiger partial charge in [-0.15, -0.1) is 0 Å². The van der Waals surface area contributed by atoms with Gasteiger partial charge in [0.05, 0.1) is 11.6 Å². The standard InChI is InChI=1S/C25H36ClFO/c1-2-3-17-4-9-19(10-5-17)20-11-6-18(7-12-20)8-13-21-14-15-22(23-16-28-23)24(26)25(21)27/h14-15,17-20,23H,2-13,16H2,1H3. The molecule has 3 aliphatic rings. The molecule has 1 aromatic carbocycles. The van der Waals surface area contributed by atoms with E-state index in [1.165, 1.54) is 64.2 Å². The molecule has 0 aromatic heterocycles. The topological polar surface area (TPSA) is 12.5 Å². The van der Waals surface area contributed by atoms with Crippen molar-refractivity contribution in [2.24, 2.45) is 23.7 Å². The van der Waals surface area contributed by atoms with Crippen molar-refractivity contribution in [2.45, 2.75) is 90.1 Å². The third kappa shape index (κ3) is 4.93. The highest BCUT2D eigenvalue weighted by Gasteiger charge is 2.31. The van der Waals surface area contributed by atoms with Crippen LogP contribution < -0.4 is 0 Å². The molecule has 0 bridgehead atoms. The maximum Gasteiger partial charge on any atom is 0.145 e. The molecule has 1 saturated heterocycles. The Morgan fingerprint density at radius 3 is 2.04 bits per heavy atom. The number of hydrogen-bond acceptors (Lipinski definition) is 1. The Labute approximate surface area is 175 Å². The third-order valence-corrected chi connectivity index (χ3v) is 8.22. The van der Waals surface area contributed by atoms with E-state index in [1.807, 2.05) is 12.1 Å². The molecule has 3 fully saturated rings. The number of rotatable bonds is 7. The minimum absolute atomic E-state index is 0.0170. The summed E-state index contributed by atoms with van der Waals surface area (Å²) in [6.07, 6.45) is 16.1. The molecule has 0 N–H and O–H groups in total. The SMILES string of the molecule is CCCC1CCC(C2CCC(CCc3ccc(C4CO4)c(Cl)c3F)CC2)CC1. The number of ether oxygens (including phenoxy) is 1. The molecule has 3 heteroatoms. The summed E-state index contributed by atoms with van der Waals surface area (Å²) < 4.78 is 19.9. The van der Waals surface area contributed by atoms with Crippen molar-refractivity contribution in [1.29, 1.82) is 0 Å². The lowest BCUT2D eigenvalue weighted by atomic mass is 9.68. The molecule has 1 atom stereocenters. The van der Waals surface area contributed by atoms with Gasteiger partial charge in [-0.05, 0) is 67.8 Å².